The molecule has 114 valence electrons. The first-order valence-electron chi connectivity index (χ1n) is 6.63. The Hall–Kier alpha value is -2.12. The highest BCUT2D eigenvalue weighted by molar-refractivity contribution is 5.87. The number of hydrogen-bond acceptors (Lipinski definition) is 5. The lowest BCUT2D eigenvalue weighted by atomic mass is 10.0. The van der Waals surface area contributed by atoms with Crippen molar-refractivity contribution >= 4 is 11.9 Å². The van der Waals surface area contributed by atoms with Gasteiger partial charge in [0, 0.05) is 13.0 Å². The Bertz CT molecular complexity index is 531. The number of aromatic hydroxyl groups is 1. The SMILES string of the molecule is N[C@@H](Cc1ccc(O)cc1)C(=O)N1C[C@@H](O)C[C@@H]1C(=O)O. The number of carboxylic acid groups (broad SMARTS) is 1. The maximum atomic E-state index is 12.3. The quantitative estimate of drug-likeness (QED) is 0.582. The maximum absolute atomic E-state index is 12.3. The van der Waals surface area contributed by atoms with Crippen LogP contribution in [0.4, 0.5) is 0 Å². The molecule has 21 heavy (non-hydrogen) atoms. The van der Waals surface area contributed by atoms with Crippen LogP contribution in [0.5, 0.6) is 5.75 Å². The van der Waals surface area contributed by atoms with E-state index >= 15 is 0 Å². The van der Waals surface area contributed by atoms with Gasteiger partial charge in [0.2, 0.25) is 5.91 Å². The van der Waals surface area contributed by atoms with Crippen LogP contribution in [0.3, 0.4) is 0 Å². The number of nitrogens with zero attached hydrogens (tertiary/aromatic N) is 1. The highest BCUT2D eigenvalue weighted by Crippen LogP contribution is 2.20. The number of aliphatic hydroxyl groups is 1. The van der Waals surface area contributed by atoms with Gasteiger partial charge in [0.05, 0.1) is 12.1 Å². The first-order valence-corrected chi connectivity index (χ1v) is 6.63. The average molecular weight is 294 g/mol. The molecule has 1 aliphatic heterocycles. The molecule has 1 amide bonds. The fourth-order valence-electron chi connectivity index (χ4n) is 2.48. The van der Waals surface area contributed by atoms with Gasteiger partial charge in [0.25, 0.3) is 0 Å². The van der Waals surface area contributed by atoms with Crippen molar-refractivity contribution in [2.45, 2.75) is 31.0 Å². The molecule has 1 aromatic rings. The second-order valence-electron chi connectivity index (χ2n) is 5.21. The number of phenols is 1. The van der Waals surface area contributed by atoms with E-state index in [0.29, 0.717) is 0 Å². The predicted molar refractivity (Wildman–Crippen MR) is 73.5 cm³/mol. The number of rotatable bonds is 4. The van der Waals surface area contributed by atoms with Crippen molar-refractivity contribution in [1.82, 2.24) is 4.90 Å². The predicted octanol–water partition coefficient (Wildman–Crippen LogP) is -0.692. The van der Waals surface area contributed by atoms with E-state index in [1.165, 1.54) is 12.1 Å². The van der Waals surface area contributed by atoms with Crippen LogP contribution in [0.2, 0.25) is 0 Å². The lowest BCUT2D eigenvalue weighted by molar-refractivity contribution is -0.148. The zero-order valence-corrected chi connectivity index (χ0v) is 11.3. The van der Waals surface area contributed by atoms with Gasteiger partial charge in [-0.25, -0.2) is 4.79 Å². The Morgan fingerprint density at radius 1 is 1.33 bits per heavy atom. The average Bonchev–Trinajstić information content (AvgIpc) is 2.82. The second-order valence-corrected chi connectivity index (χ2v) is 5.21. The molecule has 0 aliphatic carbocycles. The van der Waals surface area contributed by atoms with Gasteiger partial charge in [0.15, 0.2) is 0 Å². The number of β-amino-alcohol motifs (C(OH)–C–C–N with tert-alkyl or cyclic N) is 1. The first kappa shape index (κ1) is 15.3. The highest BCUT2D eigenvalue weighted by atomic mass is 16.4. The van der Waals surface area contributed by atoms with Gasteiger partial charge >= 0.3 is 5.97 Å². The van der Waals surface area contributed by atoms with Gasteiger partial charge in [-0.3, -0.25) is 4.79 Å². The minimum Gasteiger partial charge on any atom is -0.508 e. The molecule has 0 bridgehead atoms. The maximum Gasteiger partial charge on any atom is 0.326 e. The van der Waals surface area contributed by atoms with Crippen molar-refractivity contribution in [2.75, 3.05) is 6.54 Å². The van der Waals surface area contributed by atoms with E-state index < -0.39 is 30.1 Å². The molecule has 0 saturated carbocycles. The fourth-order valence-corrected chi connectivity index (χ4v) is 2.48. The monoisotopic (exact) mass is 294 g/mol. The van der Waals surface area contributed by atoms with E-state index in [4.69, 9.17) is 10.8 Å². The number of carbonyl (C=O) groups excluding carboxylic acids is 1. The molecular weight excluding hydrogens is 276 g/mol. The van der Waals surface area contributed by atoms with Crippen molar-refractivity contribution in [3.05, 3.63) is 29.8 Å². The normalized spacial score (nSPS) is 23.0. The van der Waals surface area contributed by atoms with E-state index in [0.717, 1.165) is 10.5 Å². The molecule has 7 nitrogen and oxygen atoms in total. The van der Waals surface area contributed by atoms with E-state index in [-0.39, 0.29) is 25.1 Å². The Morgan fingerprint density at radius 3 is 2.52 bits per heavy atom. The van der Waals surface area contributed by atoms with E-state index in [2.05, 4.69) is 0 Å². The number of likely N-dealkylation sites (tertiary alicyclic amines) is 1. The van der Waals surface area contributed by atoms with Gasteiger partial charge < -0.3 is 26.0 Å². The van der Waals surface area contributed by atoms with Crippen LogP contribution in [0.15, 0.2) is 24.3 Å². The molecule has 1 aromatic carbocycles. The zero-order valence-electron chi connectivity index (χ0n) is 11.3. The standard InChI is InChI=1S/C14H18N2O5/c15-11(5-8-1-3-9(17)4-2-8)13(19)16-7-10(18)6-12(16)14(20)21/h1-4,10-12,17-18H,5-7,15H2,(H,20,21)/t10-,11-,12+/m0/s1. The number of hydrogen-bond donors (Lipinski definition) is 4. The number of aliphatic hydroxyl groups excluding tert-OH is 1. The largest absolute Gasteiger partial charge is 0.508 e. The number of phenolic OH excluding ortho intramolecular Hbond substituents is 1. The van der Waals surface area contributed by atoms with Crippen molar-refractivity contribution in [3.8, 4) is 5.75 Å². The second kappa shape index (κ2) is 6.11. The summed E-state index contributed by atoms with van der Waals surface area (Å²) < 4.78 is 0. The lowest BCUT2D eigenvalue weighted by Crippen LogP contribution is -2.49. The Balaban J connectivity index is 2.04. The summed E-state index contributed by atoms with van der Waals surface area (Å²) in [5.41, 5.74) is 6.61. The van der Waals surface area contributed by atoms with Crippen LogP contribution >= 0.6 is 0 Å². The van der Waals surface area contributed by atoms with Crippen LogP contribution in [0, 0.1) is 0 Å². The summed E-state index contributed by atoms with van der Waals surface area (Å²) in [6.07, 6.45) is -0.582. The third-order valence-corrected chi connectivity index (χ3v) is 3.56. The molecule has 1 aliphatic rings. The molecule has 1 saturated heterocycles. The molecule has 1 heterocycles. The summed E-state index contributed by atoms with van der Waals surface area (Å²) in [7, 11) is 0. The highest BCUT2D eigenvalue weighted by Gasteiger charge is 2.40. The minimum absolute atomic E-state index is 0.0148. The summed E-state index contributed by atoms with van der Waals surface area (Å²) in [5, 5.41) is 27.8. The number of carboxylic acids is 1. The first-order chi connectivity index (χ1) is 9.88. The zero-order chi connectivity index (χ0) is 15.6. The van der Waals surface area contributed by atoms with Crippen LogP contribution in [0.25, 0.3) is 0 Å². The molecule has 0 unspecified atom stereocenters. The van der Waals surface area contributed by atoms with E-state index in [1.54, 1.807) is 12.1 Å². The lowest BCUT2D eigenvalue weighted by Gasteiger charge is -2.24. The molecule has 7 heteroatoms. The molecule has 0 radical (unpaired) electrons. The smallest absolute Gasteiger partial charge is 0.326 e. The third kappa shape index (κ3) is 3.50. The Labute approximate surface area is 121 Å². The number of amides is 1. The van der Waals surface area contributed by atoms with Crippen LogP contribution < -0.4 is 5.73 Å². The molecular formula is C14H18N2O5. The molecule has 1 fully saturated rings. The Morgan fingerprint density at radius 2 is 1.95 bits per heavy atom. The van der Waals surface area contributed by atoms with E-state index in [1.807, 2.05) is 0 Å². The third-order valence-electron chi connectivity index (χ3n) is 3.56. The van der Waals surface area contributed by atoms with Gasteiger partial charge in [-0.2, -0.15) is 0 Å². The topological polar surface area (TPSA) is 124 Å². The van der Waals surface area contributed by atoms with Crippen molar-refractivity contribution in [2.24, 2.45) is 5.73 Å². The number of carbonyl (C=O) groups is 2. The number of aliphatic carboxylic acids is 1. The number of nitrogens with two attached hydrogens (primary N) is 1. The summed E-state index contributed by atoms with van der Waals surface area (Å²) in [6.45, 7) is -0.0148. The summed E-state index contributed by atoms with van der Waals surface area (Å²) in [6, 6.07) is 4.37. The molecule has 0 spiro atoms. The van der Waals surface area contributed by atoms with Crippen LogP contribution in [-0.2, 0) is 16.0 Å². The number of benzene rings is 1. The van der Waals surface area contributed by atoms with Gasteiger partial charge in [0.1, 0.15) is 11.8 Å². The molecule has 5 N–H and O–H groups in total. The Kier molecular flexibility index (Phi) is 4.44. The fraction of sp³-hybridized carbons (Fsp3) is 0.429. The summed E-state index contributed by atoms with van der Waals surface area (Å²) in [5.74, 6) is -1.52. The molecule has 2 rings (SSSR count). The molecule has 3 atom stereocenters. The van der Waals surface area contributed by atoms with Gasteiger partial charge in [-0.15, -0.1) is 0 Å². The van der Waals surface area contributed by atoms with Gasteiger partial charge in [-0.05, 0) is 24.1 Å². The summed E-state index contributed by atoms with van der Waals surface area (Å²) in [4.78, 5) is 24.5. The molecule has 0 aromatic heterocycles. The van der Waals surface area contributed by atoms with Gasteiger partial charge in [-0.1, -0.05) is 12.1 Å². The summed E-state index contributed by atoms with van der Waals surface area (Å²) >= 11 is 0. The minimum atomic E-state index is -1.14. The van der Waals surface area contributed by atoms with E-state index in [9.17, 15) is 19.8 Å². The van der Waals surface area contributed by atoms with Crippen molar-refractivity contribution in [3.63, 3.8) is 0 Å². The van der Waals surface area contributed by atoms with Crippen LogP contribution in [-0.4, -0.2) is 56.8 Å². The van der Waals surface area contributed by atoms with Crippen molar-refractivity contribution in [1.29, 1.82) is 0 Å². The van der Waals surface area contributed by atoms with Crippen LogP contribution in [0.1, 0.15) is 12.0 Å². The van der Waals surface area contributed by atoms with Crippen molar-refractivity contribution < 1.29 is 24.9 Å².